The van der Waals surface area contributed by atoms with E-state index in [1.165, 1.54) is 0 Å². The van der Waals surface area contributed by atoms with Crippen LogP contribution in [0.5, 0.6) is 0 Å². The number of imidazole rings is 1. The number of benzene rings is 1. The van der Waals surface area contributed by atoms with Crippen molar-refractivity contribution in [3.05, 3.63) is 17.9 Å². The van der Waals surface area contributed by atoms with E-state index in [0.717, 1.165) is 47.7 Å². The predicted molar refractivity (Wildman–Crippen MR) is 103 cm³/mol. The van der Waals surface area contributed by atoms with E-state index in [1.807, 2.05) is 0 Å². The van der Waals surface area contributed by atoms with E-state index in [0.29, 0.717) is 0 Å². The van der Waals surface area contributed by atoms with Gasteiger partial charge in [-0.25, -0.2) is 4.98 Å². The number of rotatable bonds is 5. The molecule has 0 saturated carbocycles. The summed E-state index contributed by atoms with van der Waals surface area (Å²) in [6.45, 7) is 4.21. The first-order valence-electron chi connectivity index (χ1n) is 6.64. The molecule has 0 aliphatic heterocycles. The van der Waals surface area contributed by atoms with Crippen molar-refractivity contribution in [1.82, 2.24) is 9.97 Å². The van der Waals surface area contributed by atoms with E-state index < -0.39 is 0 Å². The lowest BCUT2D eigenvalue weighted by atomic mass is 10.0. The van der Waals surface area contributed by atoms with Gasteiger partial charge in [-0.3, -0.25) is 0 Å². The molecule has 0 radical (unpaired) electrons. The first kappa shape index (κ1) is 17.7. The molecule has 0 amide bonds. The molecule has 0 aliphatic rings. The lowest BCUT2D eigenvalue weighted by Crippen LogP contribution is -2.39. The number of nitrogens with two attached hydrogens (primary N) is 1. The van der Waals surface area contributed by atoms with Crippen LogP contribution in [0, 0.1) is 0 Å². The van der Waals surface area contributed by atoms with Crippen molar-refractivity contribution in [3.63, 3.8) is 0 Å². The third kappa shape index (κ3) is 3.49. The van der Waals surface area contributed by atoms with Gasteiger partial charge in [0.1, 0.15) is 5.52 Å². The Morgan fingerprint density at radius 3 is 2.24 bits per heavy atom. The van der Waals surface area contributed by atoms with Crippen molar-refractivity contribution in [1.29, 1.82) is 0 Å². The van der Waals surface area contributed by atoms with Gasteiger partial charge in [0.05, 0.1) is 14.5 Å². The molecule has 2 aromatic rings. The molecule has 0 fully saturated rings. The molecule has 116 valence electrons. The third-order valence-corrected chi connectivity index (χ3v) is 8.21. The zero-order valence-electron chi connectivity index (χ0n) is 11.6. The molecular formula is C13H16Br4N4. The smallest absolute Gasteiger partial charge is 0.201 e. The van der Waals surface area contributed by atoms with Crippen molar-refractivity contribution >= 4 is 80.7 Å². The molecule has 1 aromatic heterocycles. The molecule has 2 atom stereocenters. The van der Waals surface area contributed by atoms with Crippen LogP contribution in [0.15, 0.2) is 17.9 Å². The summed E-state index contributed by atoms with van der Waals surface area (Å²) >= 11 is 14.2. The lowest BCUT2D eigenvalue weighted by molar-refractivity contribution is 0.526. The SMILES string of the molecule is CC[C@@H](N)[C@@H](CC)Nc1nc2c(Br)c(Br)c(Br)c(Br)c2[nH]1. The minimum Gasteiger partial charge on any atom is -0.352 e. The molecule has 0 saturated heterocycles. The van der Waals surface area contributed by atoms with Crippen LogP contribution in [0.4, 0.5) is 5.95 Å². The zero-order valence-corrected chi connectivity index (χ0v) is 17.9. The van der Waals surface area contributed by atoms with Crippen LogP contribution >= 0.6 is 63.7 Å². The molecular weight excluding hydrogens is 532 g/mol. The summed E-state index contributed by atoms with van der Waals surface area (Å²) in [7, 11) is 0. The molecule has 4 N–H and O–H groups in total. The van der Waals surface area contributed by atoms with Crippen molar-refractivity contribution in [3.8, 4) is 0 Å². The average Bonchev–Trinajstić information content (AvgIpc) is 2.91. The standard InChI is InChI=1S/C13H16Br4N4/c1-3-5(18)6(4-2)19-13-20-11-9(16)7(14)8(15)10(17)12(11)21-13/h5-6H,3-4,18H2,1-2H3,(H2,19,20,21)/t5-,6-/m1/s1. The Morgan fingerprint density at radius 1 is 1.05 bits per heavy atom. The van der Waals surface area contributed by atoms with Gasteiger partial charge in [0.25, 0.3) is 0 Å². The Balaban J connectivity index is 2.44. The molecule has 4 nitrogen and oxygen atoms in total. The fourth-order valence-electron chi connectivity index (χ4n) is 2.14. The molecule has 8 heteroatoms. The van der Waals surface area contributed by atoms with E-state index in [4.69, 9.17) is 5.73 Å². The number of H-pyrrole nitrogens is 1. The quantitative estimate of drug-likeness (QED) is 0.340. The van der Waals surface area contributed by atoms with Crippen molar-refractivity contribution < 1.29 is 0 Å². The normalized spacial score (nSPS) is 14.4. The van der Waals surface area contributed by atoms with Crippen molar-refractivity contribution in [2.75, 3.05) is 5.32 Å². The number of halogens is 4. The monoisotopic (exact) mass is 544 g/mol. The number of aromatic nitrogens is 2. The van der Waals surface area contributed by atoms with Gasteiger partial charge >= 0.3 is 0 Å². The van der Waals surface area contributed by atoms with Crippen LogP contribution in [0.3, 0.4) is 0 Å². The topological polar surface area (TPSA) is 66.7 Å². The number of nitrogens with one attached hydrogen (secondary N) is 2. The molecule has 0 bridgehead atoms. The zero-order chi connectivity index (χ0) is 15.7. The van der Waals surface area contributed by atoms with E-state index in [1.54, 1.807) is 0 Å². The first-order valence-corrected chi connectivity index (χ1v) is 9.81. The Labute approximate surface area is 157 Å². The molecule has 2 rings (SSSR count). The third-order valence-electron chi connectivity index (χ3n) is 3.46. The summed E-state index contributed by atoms with van der Waals surface area (Å²) in [5.41, 5.74) is 7.93. The minimum absolute atomic E-state index is 0.105. The van der Waals surface area contributed by atoms with Crippen LogP contribution in [-0.4, -0.2) is 22.1 Å². The van der Waals surface area contributed by atoms with Gasteiger partial charge in [0.2, 0.25) is 5.95 Å². The van der Waals surface area contributed by atoms with Crippen LogP contribution in [0.2, 0.25) is 0 Å². The summed E-state index contributed by atoms with van der Waals surface area (Å²) in [4.78, 5) is 7.94. The van der Waals surface area contributed by atoms with Gasteiger partial charge < -0.3 is 16.0 Å². The van der Waals surface area contributed by atoms with Gasteiger partial charge in [0.15, 0.2) is 0 Å². The largest absolute Gasteiger partial charge is 0.352 e. The second kappa shape index (κ2) is 7.29. The molecule has 0 spiro atoms. The summed E-state index contributed by atoms with van der Waals surface area (Å²) < 4.78 is 3.71. The number of hydrogen-bond donors (Lipinski definition) is 3. The lowest BCUT2D eigenvalue weighted by Gasteiger charge is -2.22. The molecule has 0 unspecified atom stereocenters. The maximum Gasteiger partial charge on any atom is 0.201 e. The van der Waals surface area contributed by atoms with E-state index in [9.17, 15) is 0 Å². The van der Waals surface area contributed by atoms with Crippen LogP contribution in [0.25, 0.3) is 11.0 Å². The Kier molecular flexibility index (Phi) is 6.15. The average molecular weight is 548 g/mol. The Bertz CT molecular complexity index is 610. The van der Waals surface area contributed by atoms with Gasteiger partial charge in [0, 0.05) is 21.0 Å². The number of hydrogen-bond acceptors (Lipinski definition) is 3. The van der Waals surface area contributed by atoms with E-state index in [-0.39, 0.29) is 12.1 Å². The maximum absolute atomic E-state index is 6.14. The molecule has 0 aliphatic carbocycles. The minimum atomic E-state index is 0.105. The second-order valence-electron chi connectivity index (χ2n) is 4.80. The summed E-state index contributed by atoms with van der Waals surface area (Å²) in [6.07, 6.45) is 1.87. The van der Waals surface area contributed by atoms with Crippen LogP contribution in [0.1, 0.15) is 26.7 Å². The summed E-state index contributed by atoms with van der Waals surface area (Å²) in [5, 5.41) is 3.40. The fourth-order valence-corrected chi connectivity index (χ4v) is 4.42. The van der Waals surface area contributed by atoms with Gasteiger partial charge in [-0.15, -0.1) is 0 Å². The highest BCUT2D eigenvalue weighted by molar-refractivity contribution is 9.15. The highest BCUT2D eigenvalue weighted by Gasteiger charge is 2.20. The summed E-state index contributed by atoms with van der Waals surface area (Å²) in [5.74, 6) is 0.729. The van der Waals surface area contributed by atoms with Crippen LogP contribution in [-0.2, 0) is 0 Å². The molecule has 21 heavy (non-hydrogen) atoms. The molecule has 1 aromatic carbocycles. The number of aromatic amines is 1. The Morgan fingerprint density at radius 2 is 1.67 bits per heavy atom. The second-order valence-corrected chi connectivity index (χ2v) is 7.97. The fraction of sp³-hybridized carbons (Fsp3) is 0.462. The van der Waals surface area contributed by atoms with Gasteiger partial charge in [-0.1, -0.05) is 13.8 Å². The van der Waals surface area contributed by atoms with Crippen LogP contribution < -0.4 is 11.1 Å². The van der Waals surface area contributed by atoms with E-state index >= 15 is 0 Å². The Hall–Kier alpha value is 0.370. The highest BCUT2D eigenvalue weighted by Crippen LogP contribution is 2.42. The number of fused-ring (bicyclic) bond motifs is 1. The number of anilines is 1. The first-order chi connectivity index (χ1) is 9.90. The van der Waals surface area contributed by atoms with Crippen molar-refractivity contribution in [2.45, 2.75) is 38.8 Å². The predicted octanol–water partition coefficient (Wildman–Crippen LogP) is 5.54. The number of nitrogens with zero attached hydrogens (tertiary/aromatic N) is 1. The van der Waals surface area contributed by atoms with Gasteiger partial charge in [-0.05, 0) is 76.6 Å². The molecule has 1 heterocycles. The summed E-state index contributed by atoms with van der Waals surface area (Å²) in [6, 6.07) is 0.300. The van der Waals surface area contributed by atoms with Crippen molar-refractivity contribution in [2.24, 2.45) is 5.73 Å². The maximum atomic E-state index is 6.14. The van der Waals surface area contributed by atoms with E-state index in [2.05, 4.69) is 92.9 Å². The highest BCUT2D eigenvalue weighted by atomic mass is 79.9. The van der Waals surface area contributed by atoms with Gasteiger partial charge in [-0.2, -0.15) is 0 Å².